The van der Waals surface area contributed by atoms with E-state index in [1.807, 2.05) is 24.3 Å². The molecule has 0 aliphatic rings. The maximum absolute atomic E-state index is 9.35. The average molecular weight is 255 g/mol. The van der Waals surface area contributed by atoms with Crippen LogP contribution in [0.25, 0.3) is 0 Å². The molecule has 0 radical (unpaired) electrons. The molecule has 1 unspecified atom stereocenters. The summed E-state index contributed by atoms with van der Waals surface area (Å²) < 4.78 is 0. The summed E-state index contributed by atoms with van der Waals surface area (Å²) in [5.41, 5.74) is 5.75. The van der Waals surface area contributed by atoms with Gasteiger partial charge in [-0.2, -0.15) is 0 Å². The second-order valence-electron chi connectivity index (χ2n) is 5.10. The highest BCUT2D eigenvalue weighted by Gasteiger charge is 2.08. The Balaban J connectivity index is 2.22. The van der Waals surface area contributed by atoms with Crippen molar-refractivity contribution in [2.45, 2.75) is 33.4 Å². The first-order valence-corrected chi connectivity index (χ1v) is 6.63. The van der Waals surface area contributed by atoms with Crippen LogP contribution in [-0.2, 0) is 6.61 Å². The van der Waals surface area contributed by atoms with E-state index in [2.05, 4.69) is 44.3 Å². The number of benzene rings is 2. The van der Waals surface area contributed by atoms with Gasteiger partial charge in [0.25, 0.3) is 0 Å². The second-order valence-corrected chi connectivity index (χ2v) is 5.10. The van der Waals surface area contributed by atoms with Crippen molar-refractivity contribution < 1.29 is 5.11 Å². The first-order chi connectivity index (χ1) is 9.10. The van der Waals surface area contributed by atoms with Crippen molar-refractivity contribution in [2.24, 2.45) is 0 Å². The van der Waals surface area contributed by atoms with E-state index in [1.54, 1.807) is 0 Å². The predicted octanol–water partition coefficient (Wildman–Crippen LogP) is 3.97. The van der Waals surface area contributed by atoms with Crippen molar-refractivity contribution in [3.05, 3.63) is 64.7 Å². The largest absolute Gasteiger partial charge is 0.392 e. The Morgan fingerprint density at radius 1 is 1.05 bits per heavy atom. The molecule has 100 valence electrons. The second kappa shape index (κ2) is 5.89. The zero-order chi connectivity index (χ0) is 13.8. The third-order valence-electron chi connectivity index (χ3n) is 3.30. The molecular formula is C17H21NO. The summed E-state index contributed by atoms with van der Waals surface area (Å²) in [5, 5.41) is 12.8. The van der Waals surface area contributed by atoms with Gasteiger partial charge in [-0.15, -0.1) is 0 Å². The van der Waals surface area contributed by atoms with Crippen LogP contribution in [0.1, 0.15) is 35.2 Å². The van der Waals surface area contributed by atoms with Crippen molar-refractivity contribution >= 4 is 5.69 Å². The van der Waals surface area contributed by atoms with Crippen molar-refractivity contribution in [1.29, 1.82) is 0 Å². The molecule has 0 aliphatic heterocycles. The number of rotatable bonds is 4. The number of hydrogen-bond acceptors (Lipinski definition) is 2. The first-order valence-electron chi connectivity index (χ1n) is 6.63. The van der Waals surface area contributed by atoms with Crippen LogP contribution in [0, 0.1) is 13.8 Å². The van der Waals surface area contributed by atoms with Gasteiger partial charge < -0.3 is 10.4 Å². The van der Waals surface area contributed by atoms with Gasteiger partial charge >= 0.3 is 0 Å². The van der Waals surface area contributed by atoms with Gasteiger partial charge in [0.15, 0.2) is 0 Å². The summed E-state index contributed by atoms with van der Waals surface area (Å²) in [7, 11) is 0. The zero-order valence-electron chi connectivity index (χ0n) is 11.8. The number of aryl methyl sites for hydroxylation is 2. The van der Waals surface area contributed by atoms with Crippen LogP contribution in [0.2, 0.25) is 0 Å². The predicted molar refractivity (Wildman–Crippen MR) is 80.3 cm³/mol. The molecule has 2 aromatic rings. The van der Waals surface area contributed by atoms with Crippen LogP contribution < -0.4 is 5.32 Å². The topological polar surface area (TPSA) is 32.3 Å². The monoisotopic (exact) mass is 255 g/mol. The Labute approximate surface area is 115 Å². The molecule has 0 aliphatic carbocycles. The van der Waals surface area contributed by atoms with Crippen molar-refractivity contribution in [3.63, 3.8) is 0 Å². The van der Waals surface area contributed by atoms with Crippen molar-refractivity contribution in [1.82, 2.24) is 0 Å². The molecule has 2 heteroatoms. The summed E-state index contributed by atoms with van der Waals surface area (Å²) in [6.07, 6.45) is 0. The third-order valence-corrected chi connectivity index (χ3v) is 3.30. The Hall–Kier alpha value is -1.80. The maximum Gasteiger partial charge on any atom is 0.0701 e. The quantitative estimate of drug-likeness (QED) is 0.866. The number of aliphatic hydroxyl groups excluding tert-OH is 1. The van der Waals surface area contributed by atoms with Gasteiger partial charge in [-0.3, -0.25) is 0 Å². The SMILES string of the molecule is Cc1cc(C)cc(C(C)Nc2ccccc2CO)c1. The van der Waals surface area contributed by atoms with Gasteiger partial charge in [0.1, 0.15) is 0 Å². The lowest BCUT2D eigenvalue weighted by Crippen LogP contribution is -2.09. The summed E-state index contributed by atoms with van der Waals surface area (Å²) in [6, 6.07) is 14.7. The lowest BCUT2D eigenvalue weighted by Gasteiger charge is -2.19. The fourth-order valence-electron chi connectivity index (χ4n) is 2.38. The minimum Gasteiger partial charge on any atom is -0.392 e. The molecule has 2 nitrogen and oxygen atoms in total. The highest BCUT2D eigenvalue weighted by molar-refractivity contribution is 5.52. The molecule has 0 heterocycles. The lowest BCUT2D eigenvalue weighted by atomic mass is 10.0. The Morgan fingerprint density at radius 3 is 2.32 bits per heavy atom. The molecule has 0 bridgehead atoms. The summed E-state index contributed by atoms with van der Waals surface area (Å²) >= 11 is 0. The van der Waals surface area contributed by atoms with E-state index in [9.17, 15) is 5.11 Å². The molecule has 0 saturated heterocycles. The third kappa shape index (κ3) is 3.36. The molecule has 1 atom stereocenters. The Morgan fingerprint density at radius 2 is 1.68 bits per heavy atom. The van der Waals surface area contributed by atoms with Gasteiger partial charge in [0, 0.05) is 17.3 Å². The van der Waals surface area contributed by atoms with Crippen molar-refractivity contribution in [3.8, 4) is 0 Å². The number of para-hydroxylation sites is 1. The van der Waals surface area contributed by atoms with Crippen LogP contribution in [0.4, 0.5) is 5.69 Å². The van der Waals surface area contributed by atoms with Gasteiger partial charge in [-0.05, 0) is 32.4 Å². The highest BCUT2D eigenvalue weighted by Crippen LogP contribution is 2.23. The fourth-order valence-corrected chi connectivity index (χ4v) is 2.38. The average Bonchev–Trinajstić information content (AvgIpc) is 2.38. The Kier molecular flexibility index (Phi) is 4.23. The molecule has 19 heavy (non-hydrogen) atoms. The van der Waals surface area contributed by atoms with Gasteiger partial charge in [0.05, 0.1) is 6.61 Å². The minimum absolute atomic E-state index is 0.0583. The maximum atomic E-state index is 9.35. The van der Waals surface area contributed by atoms with Crippen molar-refractivity contribution in [2.75, 3.05) is 5.32 Å². The number of nitrogens with one attached hydrogen (secondary N) is 1. The van der Waals surface area contributed by atoms with Crippen LogP contribution in [0.5, 0.6) is 0 Å². The summed E-state index contributed by atoms with van der Waals surface area (Å²) in [4.78, 5) is 0. The van der Waals surface area contributed by atoms with E-state index in [0.717, 1.165) is 11.3 Å². The van der Waals surface area contributed by atoms with E-state index in [-0.39, 0.29) is 12.6 Å². The molecule has 2 N–H and O–H groups in total. The lowest BCUT2D eigenvalue weighted by molar-refractivity contribution is 0.282. The summed E-state index contributed by atoms with van der Waals surface area (Å²) in [5.74, 6) is 0. The molecule has 0 spiro atoms. The molecule has 2 rings (SSSR count). The van der Waals surface area contributed by atoms with Gasteiger partial charge in [-0.25, -0.2) is 0 Å². The van der Waals surface area contributed by atoms with Crippen LogP contribution in [0.3, 0.4) is 0 Å². The van der Waals surface area contributed by atoms with E-state index < -0.39 is 0 Å². The molecule has 0 saturated carbocycles. The van der Waals surface area contributed by atoms with Crippen LogP contribution in [-0.4, -0.2) is 5.11 Å². The normalized spacial score (nSPS) is 12.2. The smallest absolute Gasteiger partial charge is 0.0701 e. The number of anilines is 1. The Bertz CT molecular complexity index is 543. The highest BCUT2D eigenvalue weighted by atomic mass is 16.3. The molecule has 0 fully saturated rings. The van der Waals surface area contributed by atoms with Gasteiger partial charge in [-0.1, -0.05) is 47.5 Å². The fraction of sp³-hybridized carbons (Fsp3) is 0.294. The van der Waals surface area contributed by atoms with E-state index in [1.165, 1.54) is 16.7 Å². The first kappa shape index (κ1) is 13.6. The van der Waals surface area contributed by atoms with Crippen LogP contribution in [0.15, 0.2) is 42.5 Å². The molecule has 2 aromatic carbocycles. The minimum atomic E-state index is 0.0583. The van der Waals surface area contributed by atoms with E-state index >= 15 is 0 Å². The molecule has 0 amide bonds. The van der Waals surface area contributed by atoms with E-state index in [4.69, 9.17) is 0 Å². The number of hydrogen-bond donors (Lipinski definition) is 2. The van der Waals surface area contributed by atoms with E-state index in [0.29, 0.717) is 0 Å². The summed E-state index contributed by atoms with van der Waals surface area (Å²) in [6.45, 7) is 6.43. The zero-order valence-corrected chi connectivity index (χ0v) is 11.8. The number of aliphatic hydroxyl groups is 1. The molecular weight excluding hydrogens is 234 g/mol. The molecule has 0 aromatic heterocycles. The van der Waals surface area contributed by atoms with Crippen LogP contribution >= 0.6 is 0 Å². The van der Waals surface area contributed by atoms with Gasteiger partial charge in [0.2, 0.25) is 0 Å². The standard InChI is InChI=1S/C17H21NO/c1-12-8-13(2)10-16(9-12)14(3)18-17-7-5-4-6-15(17)11-19/h4-10,14,18-19H,11H2,1-3H3.